The third-order valence-corrected chi connectivity index (χ3v) is 2.10. The van der Waals surface area contributed by atoms with E-state index < -0.39 is 0 Å². The van der Waals surface area contributed by atoms with E-state index in [9.17, 15) is 4.79 Å². The second-order valence-electron chi connectivity index (χ2n) is 4.43. The van der Waals surface area contributed by atoms with Crippen molar-refractivity contribution < 1.29 is 4.79 Å². The molecule has 0 aliphatic heterocycles. The minimum absolute atomic E-state index is 0. The van der Waals surface area contributed by atoms with Crippen LogP contribution in [0.4, 0.5) is 0 Å². The molecule has 0 fully saturated rings. The Morgan fingerprint density at radius 1 is 1.27 bits per heavy atom. The summed E-state index contributed by atoms with van der Waals surface area (Å²) in [4.78, 5) is 13.7. The Labute approximate surface area is 99.8 Å². The van der Waals surface area contributed by atoms with Crippen molar-refractivity contribution in [2.24, 2.45) is 11.7 Å². The summed E-state index contributed by atoms with van der Waals surface area (Å²) in [6.07, 6.45) is 1.38. The maximum atomic E-state index is 11.7. The molecular formula is C11H25ClN2O. The lowest BCUT2D eigenvalue weighted by molar-refractivity contribution is -0.133. The molecule has 0 atom stereocenters. The van der Waals surface area contributed by atoms with Crippen LogP contribution in [0, 0.1) is 5.92 Å². The quantitative estimate of drug-likeness (QED) is 0.767. The third kappa shape index (κ3) is 7.63. The van der Waals surface area contributed by atoms with Crippen molar-refractivity contribution in [3.63, 3.8) is 0 Å². The third-order valence-electron chi connectivity index (χ3n) is 2.10. The Hall–Kier alpha value is -0.280. The lowest BCUT2D eigenvalue weighted by atomic mass is 10.1. The predicted molar refractivity (Wildman–Crippen MR) is 67.2 cm³/mol. The van der Waals surface area contributed by atoms with Gasteiger partial charge in [-0.1, -0.05) is 13.8 Å². The topological polar surface area (TPSA) is 46.3 Å². The first-order chi connectivity index (χ1) is 6.49. The standard InChI is InChI=1S/C11H24N2O.ClH/c1-9(2)8-13(10(3)4)11(14)6-5-7-12;/h9-10H,5-8,12H2,1-4H3;1H. The molecule has 3 nitrogen and oxygen atoms in total. The van der Waals surface area contributed by atoms with Crippen molar-refractivity contribution in [2.45, 2.75) is 46.6 Å². The summed E-state index contributed by atoms with van der Waals surface area (Å²) in [7, 11) is 0. The van der Waals surface area contributed by atoms with E-state index in [1.54, 1.807) is 0 Å². The Balaban J connectivity index is 0. The zero-order valence-corrected chi connectivity index (χ0v) is 11.1. The number of amides is 1. The smallest absolute Gasteiger partial charge is 0.222 e. The molecule has 2 N–H and O–H groups in total. The molecule has 0 saturated heterocycles. The van der Waals surface area contributed by atoms with Crippen LogP contribution in [0.1, 0.15) is 40.5 Å². The van der Waals surface area contributed by atoms with Crippen LogP contribution < -0.4 is 5.73 Å². The number of carbonyl (C=O) groups excluding carboxylic acids is 1. The molecule has 0 bridgehead atoms. The fourth-order valence-corrected chi connectivity index (χ4v) is 1.39. The summed E-state index contributed by atoms with van der Waals surface area (Å²) >= 11 is 0. The number of hydrogen-bond donors (Lipinski definition) is 1. The molecule has 0 saturated carbocycles. The molecule has 0 rings (SSSR count). The first kappa shape index (κ1) is 17.1. The first-order valence-corrected chi connectivity index (χ1v) is 5.48. The van der Waals surface area contributed by atoms with E-state index in [4.69, 9.17) is 5.73 Å². The maximum absolute atomic E-state index is 11.7. The average molecular weight is 237 g/mol. The lowest BCUT2D eigenvalue weighted by Gasteiger charge is -2.28. The van der Waals surface area contributed by atoms with Crippen LogP contribution in [0.25, 0.3) is 0 Å². The van der Waals surface area contributed by atoms with Gasteiger partial charge in [0.05, 0.1) is 0 Å². The zero-order valence-electron chi connectivity index (χ0n) is 10.3. The van der Waals surface area contributed by atoms with Gasteiger partial charge < -0.3 is 10.6 Å². The Morgan fingerprint density at radius 3 is 2.13 bits per heavy atom. The molecule has 0 aromatic carbocycles. The monoisotopic (exact) mass is 236 g/mol. The van der Waals surface area contributed by atoms with Crippen LogP contribution in [0.15, 0.2) is 0 Å². The molecule has 0 aromatic rings. The van der Waals surface area contributed by atoms with E-state index in [2.05, 4.69) is 27.7 Å². The molecule has 0 aliphatic carbocycles. The molecule has 0 spiro atoms. The number of hydrogen-bond acceptors (Lipinski definition) is 2. The van der Waals surface area contributed by atoms with E-state index in [0.29, 0.717) is 24.9 Å². The van der Waals surface area contributed by atoms with Gasteiger partial charge in [0, 0.05) is 19.0 Å². The Morgan fingerprint density at radius 2 is 1.80 bits per heavy atom. The van der Waals surface area contributed by atoms with Gasteiger partial charge in [-0.05, 0) is 32.7 Å². The van der Waals surface area contributed by atoms with Crippen LogP contribution in [0.5, 0.6) is 0 Å². The second-order valence-corrected chi connectivity index (χ2v) is 4.43. The van der Waals surface area contributed by atoms with Crippen molar-refractivity contribution in [2.75, 3.05) is 13.1 Å². The van der Waals surface area contributed by atoms with Gasteiger partial charge in [0.1, 0.15) is 0 Å². The van der Waals surface area contributed by atoms with Gasteiger partial charge in [-0.3, -0.25) is 4.79 Å². The van der Waals surface area contributed by atoms with Crippen molar-refractivity contribution in [1.82, 2.24) is 4.90 Å². The number of nitrogens with zero attached hydrogens (tertiary/aromatic N) is 1. The van der Waals surface area contributed by atoms with Crippen LogP contribution in [0.2, 0.25) is 0 Å². The number of rotatable bonds is 6. The molecule has 4 heteroatoms. The van der Waals surface area contributed by atoms with Gasteiger partial charge in [0.25, 0.3) is 0 Å². The van der Waals surface area contributed by atoms with Crippen LogP contribution in [0.3, 0.4) is 0 Å². The molecule has 0 radical (unpaired) electrons. The van der Waals surface area contributed by atoms with Gasteiger partial charge in [-0.2, -0.15) is 0 Å². The van der Waals surface area contributed by atoms with Crippen molar-refractivity contribution in [1.29, 1.82) is 0 Å². The fraction of sp³-hybridized carbons (Fsp3) is 0.909. The van der Waals surface area contributed by atoms with E-state index in [-0.39, 0.29) is 18.3 Å². The highest BCUT2D eigenvalue weighted by Gasteiger charge is 2.16. The minimum Gasteiger partial charge on any atom is -0.340 e. The summed E-state index contributed by atoms with van der Waals surface area (Å²) in [6, 6.07) is 0.294. The minimum atomic E-state index is 0. The van der Waals surface area contributed by atoms with E-state index in [1.807, 2.05) is 4.90 Å². The summed E-state index contributed by atoms with van der Waals surface area (Å²) in [5, 5.41) is 0. The molecule has 15 heavy (non-hydrogen) atoms. The summed E-state index contributed by atoms with van der Waals surface area (Å²) in [5.41, 5.74) is 5.38. The molecular weight excluding hydrogens is 212 g/mol. The molecule has 0 aliphatic rings. The molecule has 0 heterocycles. The molecule has 1 amide bonds. The largest absolute Gasteiger partial charge is 0.340 e. The summed E-state index contributed by atoms with van der Waals surface area (Å²) < 4.78 is 0. The highest BCUT2D eigenvalue weighted by Crippen LogP contribution is 2.07. The zero-order chi connectivity index (χ0) is 11.1. The van der Waals surface area contributed by atoms with Gasteiger partial charge in [0.2, 0.25) is 5.91 Å². The van der Waals surface area contributed by atoms with Crippen molar-refractivity contribution >= 4 is 18.3 Å². The van der Waals surface area contributed by atoms with Crippen molar-refractivity contribution in [3.8, 4) is 0 Å². The van der Waals surface area contributed by atoms with Crippen LogP contribution in [-0.2, 0) is 4.79 Å². The number of halogens is 1. The van der Waals surface area contributed by atoms with Crippen LogP contribution in [-0.4, -0.2) is 29.9 Å². The Kier molecular flexibility index (Phi) is 10.3. The van der Waals surface area contributed by atoms with Gasteiger partial charge in [0.15, 0.2) is 0 Å². The Bertz CT molecular complexity index is 172. The SMILES string of the molecule is CC(C)CN(C(=O)CCCN)C(C)C.Cl. The molecule has 0 aromatic heterocycles. The average Bonchev–Trinajstić information content (AvgIpc) is 2.09. The van der Waals surface area contributed by atoms with Gasteiger partial charge in [-0.15, -0.1) is 12.4 Å². The molecule has 0 unspecified atom stereocenters. The highest BCUT2D eigenvalue weighted by atomic mass is 35.5. The maximum Gasteiger partial charge on any atom is 0.222 e. The van der Waals surface area contributed by atoms with Gasteiger partial charge >= 0.3 is 0 Å². The first-order valence-electron chi connectivity index (χ1n) is 5.48. The lowest BCUT2D eigenvalue weighted by Crippen LogP contribution is -2.39. The predicted octanol–water partition coefficient (Wildman–Crippen LogP) is 2.04. The van der Waals surface area contributed by atoms with Crippen LogP contribution >= 0.6 is 12.4 Å². The number of nitrogens with two attached hydrogens (primary N) is 1. The summed E-state index contributed by atoms with van der Waals surface area (Å²) in [5.74, 6) is 0.762. The second kappa shape index (κ2) is 8.98. The summed E-state index contributed by atoms with van der Waals surface area (Å²) in [6.45, 7) is 9.82. The highest BCUT2D eigenvalue weighted by molar-refractivity contribution is 5.85. The normalized spacial score (nSPS) is 10.3. The van der Waals surface area contributed by atoms with E-state index >= 15 is 0 Å². The van der Waals surface area contributed by atoms with Crippen molar-refractivity contribution in [3.05, 3.63) is 0 Å². The molecule has 92 valence electrons. The van der Waals surface area contributed by atoms with E-state index in [0.717, 1.165) is 13.0 Å². The fourth-order valence-electron chi connectivity index (χ4n) is 1.39. The number of carbonyl (C=O) groups is 1. The van der Waals surface area contributed by atoms with E-state index in [1.165, 1.54) is 0 Å². The van der Waals surface area contributed by atoms with Gasteiger partial charge in [-0.25, -0.2) is 0 Å².